The Kier molecular flexibility index (Phi) is 4.31. The van der Waals surface area contributed by atoms with Crippen molar-refractivity contribution in [3.63, 3.8) is 0 Å². The van der Waals surface area contributed by atoms with Gasteiger partial charge in [0, 0.05) is 28.9 Å². The van der Waals surface area contributed by atoms with Crippen LogP contribution in [-0.4, -0.2) is 44.5 Å². The second kappa shape index (κ2) is 7.14. The Hall–Kier alpha value is -3.95. The van der Waals surface area contributed by atoms with E-state index in [0.29, 0.717) is 40.5 Å². The fraction of sp³-hybridized carbons (Fsp3) is 0.250. The SMILES string of the molecule is COc1cccc(Nc2nc(NC3CC3)n3ncc(/C=C4\CC(=O)NC4=O)c3n2)c1. The number of rotatable bonds is 6. The highest BCUT2D eigenvalue weighted by Gasteiger charge is 2.26. The summed E-state index contributed by atoms with van der Waals surface area (Å²) in [6.45, 7) is 0. The van der Waals surface area contributed by atoms with Gasteiger partial charge >= 0.3 is 0 Å². The molecular formula is C20H19N7O3. The van der Waals surface area contributed by atoms with E-state index >= 15 is 0 Å². The number of ether oxygens (including phenoxy) is 1. The van der Waals surface area contributed by atoms with Crippen LogP contribution in [0.25, 0.3) is 11.7 Å². The van der Waals surface area contributed by atoms with Crippen molar-refractivity contribution < 1.29 is 14.3 Å². The number of hydrogen-bond acceptors (Lipinski definition) is 8. The third-order valence-corrected chi connectivity index (χ3v) is 4.86. The molecule has 1 saturated carbocycles. The Bertz CT molecular complexity index is 1200. The summed E-state index contributed by atoms with van der Waals surface area (Å²) in [6.07, 6.45) is 5.45. The predicted octanol–water partition coefficient (Wildman–Crippen LogP) is 1.88. The van der Waals surface area contributed by atoms with Crippen molar-refractivity contribution in [3.8, 4) is 5.75 Å². The molecule has 0 bridgehead atoms. The zero-order chi connectivity index (χ0) is 20.7. The topological polar surface area (TPSA) is 123 Å². The molecular weight excluding hydrogens is 386 g/mol. The highest BCUT2D eigenvalue weighted by Crippen LogP contribution is 2.27. The van der Waals surface area contributed by atoms with Crippen LogP contribution >= 0.6 is 0 Å². The van der Waals surface area contributed by atoms with Gasteiger partial charge in [0.15, 0.2) is 5.65 Å². The molecule has 30 heavy (non-hydrogen) atoms. The van der Waals surface area contributed by atoms with E-state index in [0.717, 1.165) is 18.5 Å². The molecule has 3 N–H and O–H groups in total. The first-order valence-electron chi connectivity index (χ1n) is 9.57. The zero-order valence-corrected chi connectivity index (χ0v) is 16.2. The van der Waals surface area contributed by atoms with Gasteiger partial charge in [0.1, 0.15) is 5.75 Å². The molecule has 2 amide bonds. The van der Waals surface area contributed by atoms with E-state index in [9.17, 15) is 9.59 Å². The first kappa shape index (κ1) is 18.1. The third kappa shape index (κ3) is 3.54. The standard InChI is InChI=1S/C20H19N7O3/c1-30-15-4-2-3-14(9-15)22-19-25-17-12(7-11-8-16(28)24-18(11)29)10-21-27(17)20(26-19)23-13-5-6-13/h2-4,7,9-10,13H,5-6,8H2,1H3,(H,24,28,29)(H2,22,23,25,26)/b11-7+. The maximum Gasteiger partial charge on any atom is 0.254 e. The van der Waals surface area contributed by atoms with Crippen LogP contribution in [0.1, 0.15) is 24.8 Å². The summed E-state index contributed by atoms with van der Waals surface area (Å²) < 4.78 is 6.87. The minimum absolute atomic E-state index is 0.0450. The normalized spacial score (nSPS) is 17.4. The Morgan fingerprint density at radius 1 is 1.27 bits per heavy atom. The van der Waals surface area contributed by atoms with Gasteiger partial charge in [-0.25, -0.2) is 0 Å². The second-order valence-electron chi connectivity index (χ2n) is 7.21. The molecule has 0 atom stereocenters. The molecule has 3 aromatic rings. The number of imide groups is 1. The molecule has 1 aliphatic heterocycles. The Morgan fingerprint density at radius 2 is 2.13 bits per heavy atom. The number of anilines is 3. The van der Waals surface area contributed by atoms with Crippen molar-refractivity contribution in [1.82, 2.24) is 24.9 Å². The number of hydrogen-bond donors (Lipinski definition) is 3. The van der Waals surface area contributed by atoms with Crippen LogP contribution in [0.4, 0.5) is 17.6 Å². The van der Waals surface area contributed by atoms with Gasteiger partial charge in [-0.05, 0) is 31.1 Å². The molecule has 2 fully saturated rings. The molecule has 1 aliphatic carbocycles. The van der Waals surface area contributed by atoms with E-state index in [1.165, 1.54) is 0 Å². The van der Waals surface area contributed by atoms with Crippen LogP contribution in [0.3, 0.4) is 0 Å². The van der Waals surface area contributed by atoms with Gasteiger partial charge in [-0.3, -0.25) is 14.9 Å². The zero-order valence-electron chi connectivity index (χ0n) is 16.2. The summed E-state index contributed by atoms with van der Waals surface area (Å²) in [5.74, 6) is 0.952. The third-order valence-electron chi connectivity index (χ3n) is 4.86. The Balaban J connectivity index is 1.56. The van der Waals surface area contributed by atoms with Gasteiger partial charge in [-0.2, -0.15) is 19.6 Å². The molecule has 1 saturated heterocycles. The number of benzene rings is 1. The fourth-order valence-electron chi connectivity index (χ4n) is 3.19. The molecule has 5 rings (SSSR count). The lowest BCUT2D eigenvalue weighted by Gasteiger charge is -2.11. The van der Waals surface area contributed by atoms with Crippen LogP contribution in [0.2, 0.25) is 0 Å². The Morgan fingerprint density at radius 3 is 2.87 bits per heavy atom. The van der Waals surface area contributed by atoms with Crippen LogP contribution in [-0.2, 0) is 9.59 Å². The molecule has 2 aliphatic rings. The molecule has 10 heteroatoms. The van der Waals surface area contributed by atoms with E-state index in [-0.39, 0.29) is 18.2 Å². The smallest absolute Gasteiger partial charge is 0.254 e. The molecule has 0 spiro atoms. The number of methoxy groups -OCH3 is 1. The van der Waals surface area contributed by atoms with Crippen LogP contribution in [0, 0.1) is 0 Å². The van der Waals surface area contributed by atoms with E-state index in [2.05, 4.69) is 31.0 Å². The summed E-state index contributed by atoms with van der Waals surface area (Å²) in [5.41, 5.74) is 2.31. The molecule has 0 unspecified atom stereocenters. The maximum atomic E-state index is 11.9. The quantitative estimate of drug-likeness (QED) is 0.420. The van der Waals surface area contributed by atoms with Gasteiger partial charge in [-0.1, -0.05) is 6.07 Å². The lowest BCUT2D eigenvalue weighted by atomic mass is 10.1. The summed E-state index contributed by atoms with van der Waals surface area (Å²) in [6, 6.07) is 7.81. The first-order valence-corrected chi connectivity index (χ1v) is 9.57. The fourth-order valence-corrected chi connectivity index (χ4v) is 3.19. The van der Waals surface area contributed by atoms with Crippen LogP contribution in [0.5, 0.6) is 5.75 Å². The van der Waals surface area contributed by atoms with Crippen molar-refractivity contribution >= 4 is 41.1 Å². The number of aromatic nitrogens is 4. The number of nitrogens with zero attached hydrogens (tertiary/aromatic N) is 4. The van der Waals surface area contributed by atoms with Gasteiger partial charge in [0.25, 0.3) is 5.91 Å². The summed E-state index contributed by atoms with van der Waals surface area (Å²) in [5, 5.41) is 13.2. The highest BCUT2D eigenvalue weighted by molar-refractivity contribution is 6.15. The van der Waals surface area contributed by atoms with Crippen molar-refractivity contribution in [2.75, 3.05) is 17.7 Å². The van der Waals surface area contributed by atoms with Crippen LogP contribution < -0.4 is 20.7 Å². The van der Waals surface area contributed by atoms with E-state index < -0.39 is 0 Å². The van der Waals surface area contributed by atoms with E-state index in [1.54, 1.807) is 23.9 Å². The van der Waals surface area contributed by atoms with Crippen molar-refractivity contribution in [3.05, 3.63) is 41.6 Å². The largest absolute Gasteiger partial charge is 0.497 e. The summed E-state index contributed by atoms with van der Waals surface area (Å²) in [7, 11) is 1.61. The average Bonchev–Trinajstić information content (AvgIpc) is 3.37. The number of carbonyl (C=O) groups is 2. The van der Waals surface area contributed by atoms with Gasteiger partial charge in [0.2, 0.25) is 17.8 Å². The van der Waals surface area contributed by atoms with Crippen molar-refractivity contribution in [2.24, 2.45) is 0 Å². The molecule has 2 aromatic heterocycles. The minimum Gasteiger partial charge on any atom is -0.497 e. The van der Waals surface area contributed by atoms with Crippen LogP contribution in [0.15, 0.2) is 36.0 Å². The second-order valence-corrected chi connectivity index (χ2v) is 7.21. The van der Waals surface area contributed by atoms with E-state index in [1.807, 2.05) is 24.3 Å². The number of nitrogens with one attached hydrogen (secondary N) is 3. The highest BCUT2D eigenvalue weighted by atomic mass is 16.5. The lowest BCUT2D eigenvalue weighted by Crippen LogP contribution is -2.19. The molecule has 1 aromatic carbocycles. The maximum absolute atomic E-state index is 11.9. The molecule has 152 valence electrons. The molecule has 10 nitrogen and oxygen atoms in total. The Labute approximate surface area is 171 Å². The number of amides is 2. The van der Waals surface area contributed by atoms with Crippen molar-refractivity contribution in [2.45, 2.75) is 25.3 Å². The first-order chi connectivity index (χ1) is 14.6. The average molecular weight is 405 g/mol. The van der Waals surface area contributed by atoms with Gasteiger partial charge < -0.3 is 15.4 Å². The number of fused-ring (bicyclic) bond motifs is 1. The molecule has 0 radical (unpaired) electrons. The summed E-state index contributed by atoms with van der Waals surface area (Å²) in [4.78, 5) is 32.6. The molecule has 3 heterocycles. The summed E-state index contributed by atoms with van der Waals surface area (Å²) >= 11 is 0. The van der Waals surface area contributed by atoms with Gasteiger partial charge in [0.05, 0.1) is 19.7 Å². The van der Waals surface area contributed by atoms with Crippen molar-refractivity contribution in [1.29, 1.82) is 0 Å². The monoisotopic (exact) mass is 405 g/mol. The van der Waals surface area contributed by atoms with E-state index in [4.69, 9.17) is 4.74 Å². The minimum atomic E-state index is -0.389. The van der Waals surface area contributed by atoms with Gasteiger partial charge in [-0.15, -0.1) is 0 Å². The number of carbonyl (C=O) groups excluding carboxylic acids is 2. The predicted molar refractivity (Wildman–Crippen MR) is 109 cm³/mol. The lowest BCUT2D eigenvalue weighted by molar-refractivity contribution is -0.124.